The summed E-state index contributed by atoms with van der Waals surface area (Å²) in [7, 11) is 0. The number of rotatable bonds is 2. The molecule has 1 heteroatoms. The van der Waals surface area contributed by atoms with Gasteiger partial charge in [-0.3, -0.25) is 0 Å². The fourth-order valence-corrected chi connectivity index (χ4v) is 2.27. The summed E-state index contributed by atoms with van der Waals surface area (Å²) in [4.78, 5) is 0. The van der Waals surface area contributed by atoms with Gasteiger partial charge in [0.15, 0.2) is 0 Å². The van der Waals surface area contributed by atoms with Crippen LogP contribution >= 0.6 is 11.8 Å². The molecule has 0 N–H and O–H groups in total. The topological polar surface area (TPSA) is 0 Å². The van der Waals surface area contributed by atoms with Gasteiger partial charge in [0, 0.05) is 5.25 Å². The van der Waals surface area contributed by atoms with Crippen molar-refractivity contribution in [3.8, 4) is 0 Å². The molecule has 1 aliphatic rings. The molecular formula is C7H14S. The molecule has 0 aliphatic carbocycles. The van der Waals surface area contributed by atoms with Crippen molar-refractivity contribution in [3.63, 3.8) is 0 Å². The van der Waals surface area contributed by atoms with E-state index in [1.165, 1.54) is 18.6 Å². The summed E-state index contributed by atoms with van der Waals surface area (Å²) >= 11 is 2.11. The number of thioether (sulfide) groups is 1. The van der Waals surface area contributed by atoms with Gasteiger partial charge in [0.1, 0.15) is 0 Å². The lowest BCUT2D eigenvalue weighted by molar-refractivity contribution is 0.498. The minimum absolute atomic E-state index is 0.968. The van der Waals surface area contributed by atoms with Crippen LogP contribution in [0.3, 0.4) is 0 Å². The van der Waals surface area contributed by atoms with Crippen molar-refractivity contribution < 1.29 is 0 Å². The second-order valence-corrected chi connectivity index (χ2v) is 4.00. The molecule has 0 aromatic rings. The van der Waals surface area contributed by atoms with Crippen LogP contribution in [0.15, 0.2) is 0 Å². The van der Waals surface area contributed by atoms with Gasteiger partial charge < -0.3 is 0 Å². The summed E-state index contributed by atoms with van der Waals surface area (Å²) in [5, 5.41) is 0.968. The van der Waals surface area contributed by atoms with Crippen LogP contribution in [0.25, 0.3) is 0 Å². The van der Waals surface area contributed by atoms with Crippen molar-refractivity contribution in [2.24, 2.45) is 5.92 Å². The lowest BCUT2D eigenvalue weighted by atomic mass is 10.0. The Labute approximate surface area is 56.0 Å². The minimum Gasteiger partial charge on any atom is -0.158 e. The SMILES string of the molecule is CCCC1CSC1C. The number of hydrogen-bond donors (Lipinski definition) is 0. The smallest absolute Gasteiger partial charge is 0.00549 e. The van der Waals surface area contributed by atoms with Gasteiger partial charge in [-0.15, -0.1) is 0 Å². The molecule has 48 valence electrons. The van der Waals surface area contributed by atoms with Crippen LogP contribution in [0.4, 0.5) is 0 Å². The molecule has 1 fully saturated rings. The Morgan fingerprint density at radius 2 is 2.38 bits per heavy atom. The molecule has 0 bridgehead atoms. The van der Waals surface area contributed by atoms with E-state index in [1.54, 1.807) is 0 Å². The lowest BCUT2D eigenvalue weighted by Gasteiger charge is -2.32. The molecule has 2 atom stereocenters. The average molecular weight is 130 g/mol. The Kier molecular flexibility index (Phi) is 2.24. The Balaban J connectivity index is 2.08. The van der Waals surface area contributed by atoms with Crippen molar-refractivity contribution in [2.45, 2.75) is 31.9 Å². The molecule has 1 heterocycles. The van der Waals surface area contributed by atoms with Crippen molar-refractivity contribution >= 4 is 11.8 Å². The highest BCUT2D eigenvalue weighted by Gasteiger charge is 2.25. The predicted molar refractivity (Wildman–Crippen MR) is 40.3 cm³/mol. The summed E-state index contributed by atoms with van der Waals surface area (Å²) in [5.41, 5.74) is 0. The van der Waals surface area contributed by atoms with Crippen LogP contribution in [0, 0.1) is 5.92 Å². The zero-order valence-electron chi connectivity index (χ0n) is 5.68. The van der Waals surface area contributed by atoms with Crippen molar-refractivity contribution in [1.29, 1.82) is 0 Å². The third kappa shape index (κ3) is 1.19. The summed E-state index contributed by atoms with van der Waals surface area (Å²) in [6, 6.07) is 0. The largest absolute Gasteiger partial charge is 0.158 e. The van der Waals surface area contributed by atoms with E-state index in [0.717, 1.165) is 11.2 Å². The van der Waals surface area contributed by atoms with E-state index < -0.39 is 0 Å². The summed E-state index contributed by atoms with van der Waals surface area (Å²) in [6.07, 6.45) is 2.82. The van der Waals surface area contributed by atoms with Crippen LogP contribution in [0.1, 0.15) is 26.7 Å². The first kappa shape index (κ1) is 6.47. The second-order valence-electron chi connectivity index (χ2n) is 2.59. The van der Waals surface area contributed by atoms with E-state index in [0.29, 0.717) is 0 Å². The van der Waals surface area contributed by atoms with E-state index in [9.17, 15) is 0 Å². The number of hydrogen-bond acceptors (Lipinski definition) is 1. The molecule has 2 unspecified atom stereocenters. The Morgan fingerprint density at radius 1 is 1.62 bits per heavy atom. The molecule has 0 amide bonds. The van der Waals surface area contributed by atoms with Gasteiger partial charge in [-0.05, 0) is 18.1 Å². The minimum atomic E-state index is 0.968. The highest BCUT2D eigenvalue weighted by molar-refractivity contribution is 8.01. The molecule has 0 radical (unpaired) electrons. The fraction of sp³-hybridized carbons (Fsp3) is 1.00. The predicted octanol–water partition coefficient (Wildman–Crippen LogP) is 2.54. The Hall–Kier alpha value is 0.350. The Morgan fingerprint density at radius 3 is 2.50 bits per heavy atom. The Bertz CT molecular complexity index is 70.8. The van der Waals surface area contributed by atoms with E-state index in [4.69, 9.17) is 0 Å². The van der Waals surface area contributed by atoms with E-state index >= 15 is 0 Å². The van der Waals surface area contributed by atoms with Gasteiger partial charge in [-0.1, -0.05) is 20.3 Å². The molecule has 0 aromatic carbocycles. The first-order valence-electron chi connectivity index (χ1n) is 3.46. The molecule has 1 rings (SSSR count). The molecular weight excluding hydrogens is 116 g/mol. The van der Waals surface area contributed by atoms with Crippen LogP contribution in [-0.4, -0.2) is 11.0 Å². The zero-order valence-corrected chi connectivity index (χ0v) is 6.50. The van der Waals surface area contributed by atoms with Crippen LogP contribution in [0.2, 0.25) is 0 Å². The van der Waals surface area contributed by atoms with E-state index in [1.807, 2.05) is 0 Å². The maximum atomic E-state index is 2.34. The summed E-state index contributed by atoms with van der Waals surface area (Å²) in [5.74, 6) is 2.49. The highest BCUT2D eigenvalue weighted by atomic mass is 32.2. The third-order valence-corrected chi connectivity index (χ3v) is 3.43. The molecule has 0 spiro atoms. The zero-order chi connectivity index (χ0) is 5.98. The van der Waals surface area contributed by atoms with Crippen LogP contribution in [0.5, 0.6) is 0 Å². The monoisotopic (exact) mass is 130 g/mol. The first-order valence-corrected chi connectivity index (χ1v) is 4.51. The highest BCUT2D eigenvalue weighted by Crippen LogP contribution is 2.36. The van der Waals surface area contributed by atoms with Gasteiger partial charge in [-0.2, -0.15) is 11.8 Å². The maximum Gasteiger partial charge on any atom is 0.00549 e. The molecule has 8 heavy (non-hydrogen) atoms. The van der Waals surface area contributed by atoms with Crippen LogP contribution in [-0.2, 0) is 0 Å². The van der Waals surface area contributed by atoms with Gasteiger partial charge in [0.25, 0.3) is 0 Å². The molecule has 0 nitrogen and oxygen atoms in total. The second kappa shape index (κ2) is 2.77. The van der Waals surface area contributed by atoms with Gasteiger partial charge in [0.2, 0.25) is 0 Å². The summed E-state index contributed by atoms with van der Waals surface area (Å²) in [6.45, 7) is 4.62. The molecule has 0 saturated carbocycles. The van der Waals surface area contributed by atoms with E-state index in [-0.39, 0.29) is 0 Å². The standard InChI is InChI=1S/C7H14S/c1-3-4-7-5-8-6(7)2/h6-7H,3-5H2,1-2H3. The van der Waals surface area contributed by atoms with Gasteiger partial charge >= 0.3 is 0 Å². The van der Waals surface area contributed by atoms with E-state index in [2.05, 4.69) is 25.6 Å². The maximum absolute atomic E-state index is 2.34. The summed E-state index contributed by atoms with van der Waals surface area (Å²) < 4.78 is 0. The van der Waals surface area contributed by atoms with Gasteiger partial charge in [0.05, 0.1) is 0 Å². The van der Waals surface area contributed by atoms with Crippen molar-refractivity contribution in [3.05, 3.63) is 0 Å². The van der Waals surface area contributed by atoms with Crippen molar-refractivity contribution in [1.82, 2.24) is 0 Å². The third-order valence-electron chi connectivity index (χ3n) is 1.90. The first-order chi connectivity index (χ1) is 3.84. The normalized spacial score (nSPS) is 36.8. The van der Waals surface area contributed by atoms with Crippen molar-refractivity contribution in [2.75, 3.05) is 5.75 Å². The lowest BCUT2D eigenvalue weighted by Crippen LogP contribution is -2.27. The van der Waals surface area contributed by atoms with Crippen LogP contribution < -0.4 is 0 Å². The molecule has 0 aromatic heterocycles. The molecule has 1 saturated heterocycles. The van der Waals surface area contributed by atoms with Gasteiger partial charge in [-0.25, -0.2) is 0 Å². The fourth-order valence-electron chi connectivity index (χ4n) is 1.11. The quantitative estimate of drug-likeness (QED) is 0.553. The molecule has 1 aliphatic heterocycles. The average Bonchev–Trinajstić information content (AvgIpc) is 1.79.